The molecule has 2 radical (unpaired) electrons. The van der Waals surface area contributed by atoms with Crippen molar-refractivity contribution in [2.75, 3.05) is 0 Å². The molecule has 1 aromatic rings. The van der Waals surface area contributed by atoms with Crippen LogP contribution in [0.4, 0.5) is 0 Å². The summed E-state index contributed by atoms with van der Waals surface area (Å²) >= 11 is 1.20. The Morgan fingerprint density at radius 1 is 1.11 bits per heavy atom. The van der Waals surface area contributed by atoms with Crippen molar-refractivity contribution in [2.24, 2.45) is 0 Å². The van der Waals surface area contributed by atoms with Crippen molar-refractivity contribution in [1.82, 2.24) is 0 Å². The molecule has 0 amide bonds. The molecular formula is C8H8Sn. The SMILES string of the molecule is [SnH]/[CH]=C/c1ccccc1. The zero-order valence-corrected chi connectivity index (χ0v) is 8.41. The van der Waals surface area contributed by atoms with Gasteiger partial charge in [-0.05, 0) is 0 Å². The summed E-state index contributed by atoms with van der Waals surface area (Å²) in [5.74, 6) is 0. The van der Waals surface area contributed by atoms with Crippen molar-refractivity contribution in [3.63, 3.8) is 0 Å². The summed E-state index contributed by atoms with van der Waals surface area (Å²) in [6.45, 7) is 0. The Morgan fingerprint density at radius 2 is 1.78 bits per heavy atom. The van der Waals surface area contributed by atoms with E-state index in [1.54, 1.807) is 0 Å². The van der Waals surface area contributed by atoms with Gasteiger partial charge in [0.15, 0.2) is 0 Å². The van der Waals surface area contributed by atoms with Crippen molar-refractivity contribution in [1.29, 1.82) is 0 Å². The number of benzene rings is 1. The van der Waals surface area contributed by atoms with Gasteiger partial charge in [-0.3, -0.25) is 0 Å². The summed E-state index contributed by atoms with van der Waals surface area (Å²) in [5, 5.41) is 0. The van der Waals surface area contributed by atoms with Gasteiger partial charge >= 0.3 is 68.6 Å². The molecule has 0 nitrogen and oxygen atoms in total. The quantitative estimate of drug-likeness (QED) is 0.633. The van der Waals surface area contributed by atoms with Crippen LogP contribution in [-0.2, 0) is 0 Å². The first-order valence-electron chi connectivity index (χ1n) is 2.87. The molecule has 1 aromatic carbocycles. The van der Waals surface area contributed by atoms with Gasteiger partial charge in [0.1, 0.15) is 0 Å². The Balaban J connectivity index is 2.85. The van der Waals surface area contributed by atoms with E-state index in [-0.39, 0.29) is 0 Å². The van der Waals surface area contributed by atoms with Gasteiger partial charge in [-0.2, -0.15) is 0 Å². The van der Waals surface area contributed by atoms with Crippen LogP contribution in [0.2, 0.25) is 0 Å². The monoisotopic (exact) mass is 224 g/mol. The van der Waals surface area contributed by atoms with Gasteiger partial charge < -0.3 is 0 Å². The molecule has 0 spiro atoms. The Morgan fingerprint density at radius 3 is 2.33 bits per heavy atom. The average Bonchev–Trinajstić information content (AvgIpc) is 1.91. The summed E-state index contributed by atoms with van der Waals surface area (Å²) in [4.78, 5) is 0. The van der Waals surface area contributed by atoms with Crippen LogP contribution in [0.5, 0.6) is 0 Å². The normalized spacial score (nSPS) is 10.3. The predicted molar refractivity (Wildman–Crippen MR) is 42.6 cm³/mol. The number of hydrogen-bond acceptors (Lipinski definition) is 0. The molecule has 0 aromatic heterocycles. The first kappa shape index (κ1) is 6.87. The molecule has 0 saturated heterocycles. The van der Waals surface area contributed by atoms with Gasteiger partial charge in [0.05, 0.1) is 0 Å². The van der Waals surface area contributed by atoms with E-state index >= 15 is 0 Å². The topological polar surface area (TPSA) is 0 Å². The van der Waals surface area contributed by atoms with Crippen LogP contribution in [-0.4, -0.2) is 22.5 Å². The molecule has 9 heavy (non-hydrogen) atoms. The van der Waals surface area contributed by atoms with Crippen molar-refractivity contribution >= 4 is 28.6 Å². The first-order chi connectivity index (χ1) is 4.43. The summed E-state index contributed by atoms with van der Waals surface area (Å²) in [6, 6.07) is 10.3. The van der Waals surface area contributed by atoms with E-state index in [0.717, 1.165) is 0 Å². The number of rotatable bonds is 1. The molecule has 0 aliphatic carbocycles. The maximum absolute atomic E-state index is 2.17. The fraction of sp³-hybridized carbons (Fsp3) is 0. The number of hydrogen-bond donors (Lipinski definition) is 0. The fourth-order valence-corrected chi connectivity index (χ4v) is 1.31. The van der Waals surface area contributed by atoms with E-state index in [1.165, 1.54) is 28.1 Å². The van der Waals surface area contributed by atoms with Gasteiger partial charge in [-0.1, -0.05) is 0 Å². The second-order valence-corrected chi connectivity index (χ2v) is 2.87. The molecular weight excluding hydrogens is 215 g/mol. The van der Waals surface area contributed by atoms with E-state index < -0.39 is 0 Å². The molecule has 0 aliphatic heterocycles. The van der Waals surface area contributed by atoms with Crippen LogP contribution in [0, 0.1) is 0 Å². The molecule has 0 unspecified atom stereocenters. The van der Waals surface area contributed by atoms with Crippen molar-refractivity contribution < 1.29 is 0 Å². The van der Waals surface area contributed by atoms with Crippen LogP contribution < -0.4 is 0 Å². The maximum atomic E-state index is 2.17. The molecule has 0 atom stereocenters. The first-order valence-corrected chi connectivity index (χ1v) is 4.77. The van der Waals surface area contributed by atoms with Gasteiger partial charge in [0.2, 0.25) is 0 Å². The van der Waals surface area contributed by atoms with Crippen molar-refractivity contribution in [3.05, 3.63) is 40.0 Å². The summed E-state index contributed by atoms with van der Waals surface area (Å²) in [6.07, 6.45) is 2.14. The van der Waals surface area contributed by atoms with Crippen LogP contribution in [0.3, 0.4) is 0 Å². The molecule has 0 fully saturated rings. The summed E-state index contributed by atoms with van der Waals surface area (Å²) < 4.78 is 2.17. The van der Waals surface area contributed by atoms with E-state index in [2.05, 4.69) is 34.4 Å². The molecule has 1 rings (SSSR count). The van der Waals surface area contributed by atoms with E-state index in [0.29, 0.717) is 0 Å². The van der Waals surface area contributed by atoms with E-state index in [1.807, 2.05) is 6.07 Å². The van der Waals surface area contributed by atoms with E-state index in [9.17, 15) is 0 Å². The Hall–Kier alpha value is -0.241. The molecule has 44 valence electrons. The average molecular weight is 223 g/mol. The minimum atomic E-state index is 1.20. The van der Waals surface area contributed by atoms with Gasteiger partial charge in [0, 0.05) is 0 Å². The van der Waals surface area contributed by atoms with Crippen LogP contribution in [0.25, 0.3) is 6.08 Å². The predicted octanol–water partition coefficient (Wildman–Crippen LogP) is 1.56. The zero-order valence-electron chi connectivity index (χ0n) is 5.12. The minimum absolute atomic E-state index is 1.20. The van der Waals surface area contributed by atoms with Crippen molar-refractivity contribution in [3.8, 4) is 0 Å². The van der Waals surface area contributed by atoms with Gasteiger partial charge in [0.25, 0.3) is 0 Å². The Bertz CT molecular complexity index is 189. The summed E-state index contributed by atoms with van der Waals surface area (Å²) in [5.41, 5.74) is 1.30. The molecule has 0 heterocycles. The third-order valence-electron chi connectivity index (χ3n) is 1.09. The Labute approximate surface area is 68.7 Å². The third kappa shape index (κ3) is 2.22. The molecule has 0 saturated carbocycles. The molecule has 0 aliphatic rings. The van der Waals surface area contributed by atoms with Crippen LogP contribution in [0.15, 0.2) is 34.4 Å². The van der Waals surface area contributed by atoms with Crippen LogP contribution >= 0.6 is 0 Å². The van der Waals surface area contributed by atoms with Gasteiger partial charge in [-0.25, -0.2) is 0 Å². The van der Waals surface area contributed by atoms with E-state index in [4.69, 9.17) is 0 Å². The molecule has 0 bridgehead atoms. The standard InChI is InChI=1S/C8H7.Sn.H/c1-2-8-6-4-3-5-7-8;;/h1-7H;;. The van der Waals surface area contributed by atoms with Crippen molar-refractivity contribution in [2.45, 2.75) is 0 Å². The Kier molecular flexibility index (Phi) is 2.84. The summed E-state index contributed by atoms with van der Waals surface area (Å²) in [7, 11) is 0. The fourth-order valence-electron chi connectivity index (χ4n) is 0.675. The second-order valence-electron chi connectivity index (χ2n) is 1.77. The molecule has 1 heteroatoms. The molecule has 0 N–H and O–H groups in total. The second kappa shape index (κ2) is 3.72. The van der Waals surface area contributed by atoms with Gasteiger partial charge in [-0.15, -0.1) is 0 Å². The zero-order chi connectivity index (χ0) is 6.53. The van der Waals surface area contributed by atoms with Crippen LogP contribution in [0.1, 0.15) is 5.56 Å². The third-order valence-corrected chi connectivity index (χ3v) is 1.64.